The highest BCUT2D eigenvalue weighted by molar-refractivity contribution is 6.08. The number of carboxylic acid groups (broad SMARTS) is 1. The molecule has 0 aromatic rings. The Hall–Kier alpha value is -0.505. The van der Waals surface area contributed by atoms with Gasteiger partial charge in [0.2, 0.25) is 0 Å². The summed E-state index contributed by atoms with van der Waals surface area (Å²) in [7, 11) is 2.15. The smallest absolute Gasteiger partial charge is 0.306 e. The number of aliphatic carboxylic acids is 1. The predicted molar refractivity (Wildman–Crippen MR) is 63.6 cm³/mol. The minimum absolute atomic E-state index is 0.104. The Morgan fingerprint density at radius 3 is 2.67 bits per heavy atom. The SMILES string of the molecule is BCCC[C@H]1C[C@H](CCN)C[C@H]1C(=O)O. The minimum Gasteiger partial charge on any atom is -0.481 e. The van der Waals surface area contributed by atoms with E-state index in [9.17, 15) is 4.79 Å². The van der Waals surface area contributed by atoms with Crippen LogP contribution in [0.4, 0.5) is 0 Å². The third-order valence-electron chi connectivity index (χ3n) is 3.61. The van der Waals surface area contributed by atoms with Crippen molar-refractivity contribution in [2.24, 2.45) is 23.5 Å². The number of carboxylic acids is 1. The first-order chi connectivity index (χ1) is 7.19. The Bertz CT molecular complexity index is 211. The molecule has 1 aliphatic rings. The van der Waals surface area contributed by atoms with Crippen molar-refractivity contribution in [1.82, 2.24) is 0 Å². The molecule has 3 nitrogen and oxygen atoms in total. The van der Waals surface area contributed by atoms with Crippen molar-refractivity contribution in [1.29, 1.82) is 0 Å². The lowest BCUT2D eigenvalue weighted by molar-refractivity contribution is -0.143. The third kappa shape index (κ3) is 3.52. The molecule has 1 fully saturated rings. The molecule has 0 unspecified atom stereocenters. The van der Waals surface area contributed by atoms with E-state index in [-0.39, 0.29) is 5.92 Å². The lowest BCUT2D eigenvalue weighted by Gasteiger charge is -2.14. The fourth-order valence-electron chi connectivity index (χ4n) is 2.80. The van der Waals surface area contributed by atoms with Crippen LogP contribution in [0.15, 0.2) is 0 Å². The molecule has 1 rings (SSSR count). The standard InChI is InChI=1S/C11H22BNO2/c12-4-1-2-9-6-8(3-5-13)7-10(9)11(14)15/h8-10H,1-7,12-13H2,(H,14,15)/t8-,9-,10+/m0/s1. The molecule has 0 amide bonds. The van der Waals surface area contributed by atoms with Crippen LogP contribution in [0.3, 0.4) is 0 Å². The first-order valence-corrected chi connectivity index (χ1v) is 6.11. The van der Waals surface area contributed by atoms with E-state index < -0.39 is 5.97 Å². The molecular formula is C11H22BNO2. The summed E-state index contributed by atoms with van der Waals surface area (Å²) in [5, 5.41) is 9.14. The van der Waals surface area contributed by atoms with Gasteiger partial charge in [-0.2, -0.15) is 0 Å². The number of rotatable bonds is 6. The van der Waals surface area contributed by atoms with Gasteiger partial charge in [0.25, 0.3) is 0 Å². The van der Waals surface area contributed by atoms with Crippen molar-refractivity contribution in [3.63, 3.8) is 0 Å². The average Bonchev–Trinajstić information content (AvgIpc) is 2.59. The normalized spacial score (nSPS) is 30.6. The van der Waals surface area contributed by atoms with Crippen molar-refractivity contribution in [2.45, 2.75) is 38.4 Å². The Morgan fingerprint density at radius 1 is 1.40 bits per heavy atom. The van der Waals surface area contributed by atoms with Crippen molar-refractivity contribution in [2.75, 3.05) is 6.54 Å². The van der Waals surface area contributed by atoms with Gasteiger partial charge >= 0.3 is 5.97 Å². The van der Waals surface area contributed by atoms with E-state index in [1.807, 2.05) is 0 Å². The first-order valence-electron chi connectivity index (χ1n) is 6.11. The van der Waals surface area contributed by atoms with Gasteiger partial charge in [-0.05, 0) is 37.6 Å². The maximum Gasteiger partial charge on any atom is 0.306 e. The highest BCUT2D eigenvalue weighted by Crippen LogP contribution is 2.40. The number of hydrogen-bond donors (Lipinski definition) is 2. The molecule has 0 spiro atoms. The van der Waals surface area contributed by atoms with E-state index in [0.29, 0.717) is 18.4 Å². The second-order valence-electron chi connectivity index (χ2n) is 4.76. The molecule has 0 heterocycles. The van der Waals surface area contributed by atoms with Gasteiger partial charge in [0.05, 0.1) is 5.92 Å². The first kappa shape index (κ1) is 12.6. The highest BCUT2D eigenvalue weighted by Gasteiger charge is 2.37. The van der Waals surface area contributed by atoms with Gasteiger partial charge in [-0.1, -0.05) is 19.2 Å². The second-order valence-corrected chi connectivity index (χ2v) is 4.76. The average molecular weight is 211 g/mol. The largest absolute Gasteiger partial charge is 0.481 e. The quantitative estimate of drug-likeness (QED) is 0.641. The fraction of sp³-hybridized carbons (Fsp3) is 0.909. The Kier molecular flexibility index (Phi) is 5.16. The molecule has 3 atom stereocenters. The maximum absolute atomic E-state index is 11.1. The van der Waals surface area contributed by atoms with Crippen LogP contribution in [-0.2, 0) is 4.79 Å². The molecule has 3 N–H and O–H groups in total. The molecule has 0 aliphatic heterocycles. The Labute approximate surface area is 92.8 Å². The molecule has 0 aromatic carbocycles. The summed E-state index contributed by atoms with van der Waals surface area (Å²) in [6, 6.07) is 0. The van der Waals surface area contributed by atoms with Crippen LogP contribution in [0, 0.1) is 17.8 Å². The third-order valence-corrected chi connectivity index (χ3v) is 3.61. The van der Waals surface area contributed by atoms with Crippen LogP contribution < -0.4 is 5.73 Å². The Balaban J connectivity index is 2.47. The molecule has 15 heavy (non-hydrogen) atoms. The zero-order valence-electron chi connectivity index (χ0n) is 9.61. The zero-order valence-corrected chi connectivity index (χ0v) is 9.61. The van der Waals surface area contributed by atoms with Crippen molar-refractivity contribution in [3.8, 4) is 0 Å². The monoisotopic (exact) mass is 211 g/mol. The van der Waals surface area contributed by atoms with Gasteiger partial charge in [0, 0.05) is 0 Å². The molecular weight excluding hydrogens is 189 g/mol. The molecule has 0 saturated heterocycles. The van der Waals surface area contributed by atoms with Crippen LogP contribution in [0.25, 0.3) is 0 Å². The Morgan fingerprint density at radius 2 is 2.13 bits per heavy atom. The number of hydrogen-bond acceptors (Lipinski definition) is 2. The maximum atomic E-state index is 11.1. The molecule has 4 heteroatoms. The van der Waals surface area contributed by atoms with Crippen LogP contribution in [0.5, 0.6) is 0 Å². The van der Waals surface area contributed by atoms with Crippen LogP contribution in [0.1, 0.15) is 32.1 Å². The van der Waals surface area contributed by atoms with Gasteiger partial charge in [0.1, 0.15) is 7.85 Å². The fourth-order valence-corrected chi connectivity index (χ4v) is 2.80. The molecule has 0 bridgehead atoms. The van der Waals surface area contributed by atoms with Crippen molar-refractivity contribution < 1.29 is 9.90 Å². The summed E-state index contributed by atoms with van der Waals surface area (Å²) in [5.74, 6) is 0.251. The number of carbonyl (C=O) groups is 1. The van der Waals surface area contributed by atoms with Crippen LogP contribution in [-0.4, -0.2) is 25.5 Å². The van der Waals surface area contributed by atoms with Crippen molar-refractivity contribution >= 4 is 13.8 Å². The topological polar surface area (TPSA) is 63.3 Å². The lowest BCUT2D eigenvalue weighted by Crippen LogP contribution is -2.18. The zero-order chi connectivity index (χ0) is 11.3. The van der Waals surface area contributed by atoms with E-state index in [0.717, 1.165) is 38.4 Å². The molecule has 0 aromatic heterocycles. The summed E-state index contributed by atoms with van der Waals surface area (Å²) >= 11 is 0. The van der Waals surface area contributed by atoms with E-state index in [1.165, 1.54) is 0 Å². The van der Waals surface area contributed by atoms with Gasteiger partial charge in [-0.25, -0.2) is 0 Å². The summed E-state index contributed by atoms with van der Waals surface area (Å²) in [6.45, 7) is 0.692. The van der Waals surface area contributed by atoms with Gasteiger partial charge in [-0.3, -0.25) is 4.79 Å². The van der Waals surface area contributed by atoms with Gasteiger partial charge in [-0.15, -0.1) is 0 Å². The summed E-state index contributed by atoms with van der Waals surface area (Å²) in [6.07, 6.45) is 6.31. The molecule has 86 valence electrons. The lowest BCUT2D eigenvalue weighted by atomic mass is 9.88. The summed E-state index contributed by atoms with van der Waals surface area (Å²) < 4.78 is 0. The van der Waals surface area contributed by atoms with Gasteiger partial charge < -0.3 is 10.8 Å². The molecule has 1 aliphatic carbocycles. The van der Waals surface area contributed by atoms with Crippen LogP contribution >= 0.6 is 0 Å². The molecule has 1 saturated carbocycles. The number of nitrogens with two attached hydrogens (primary N) is 1. The van der Waals surface area contributed by atoms with Crippen LogP contribution in [0.2, 0.25) is 6.32 Å². The van der Waals surface area contributed by atoms with Gasteiger partial charge in [0.15, 0.2) is 0 Å². The van der Waals surface area contributed by atoms with E-state index in [1.54, 1.807) is 0 Å². The summed E-state index contributed by atoms with van der Waals surface area (Å²) in [5.41, 5.74) is 5.53. The highest BCUT2D eigenvalue weighted by atomic mass is 16.4. The van der Waals surface area contributed by atoms with E-state index in [4.69, 9.17) is 10.8 Å². The molecule has 0 radical (unpaired) electrons. The predicted octanol–water partition coefficient (Wildman–Crippen LogP) is 0.894. The summed E-state index contributed by atoms with van der Waals surface area (Å²) in [4.78, 5) is 11.1. The van der Waals surface area contributed by atoms with E-state index >= 15 is 0 Å². The van der Waals surface area contributed by atoms with Crippen molar-refractivity contribution in [3.05, 3.63) is 0 Å². The second kappa shape index (κ2) is 6.16. The van der Waals surface area contributed by atoms with E-state index in [2.05, 4.69) is 7.85 Å². The minimum atomic E-state index is -0.601.